The third kappa shape index (κ3) is 3.89. The molecule has 1 atom stereocenters. The number of nitrogens with zero attached hydrogens (tertiary/aromatic N) is 5. The third-order valence-corrected chi connectivity index (χ3v) is 8.04. The van der Waals surface area contributed by atoms with Crippen LogP contribution in [0.15, 0.2) is 53.6 Å². The smallest absolute Gasteiger partial charge is 0.253 e. The third-order valence-electron chi connectivity index (χ3n) is 6.12. The number of morpholine rings is 1. The average molecular weight is 456 g/mol. The number of carbonyl (C=O) groups excluding carboxylic acids is 1. The number of piperidine rings is 1. The molecular formula is C22H25N5O4S. The Kier molecular flexibility index (Phi) is 5.66. The number of hydrogen-bond acceptors (Lipinski definition) is 6. The molecule has 5 rings (SSSR count). The van der Waals surface area contributed by atoms with Crippen LogP contribution >= 0.6 is 0 Å². The van der Waals surface area contributed by atoms with Crippen LogP contribution in [0.1, 0.15) is 34.9 Å². The molecule has 2 aliphatic heterocycles. The number of carbonyl (C=O) groups is 1. The van der Waals surface area contributed by atoms with Crippen molar-refractivity contribution in [2.24, 2.45) is 0 Å². The van der Waals surface area contributed by atoms with Gasteiger partial charge in [-0.3, -0.25) is 9.20 Å². The number of fused-ring (bicyclic) bond motifs is 1. The first-order valence-electron chi connectivity index (χ1n) is 10.8. The van der Waals surface area contributed by atoms with Crippen LogP contribution in [0, 0.1) is 0 Å². The quantitative estimate of drug-likeness (QED) is 0.595. The van der Waals surface area contributed by atoms with Crippen LogP contribution < -0.4 is 0 Å². The fourth-order valence-electron chi connectivity index (χ4n) is 4.40. The minimum absolute atomic E-state index is 0.0983. The first-order valence-corrected chi connectivity index (χ1v) is 12.2. The van der Waals surface area contributed by atoms with Crippen LogP contribution in [0.3, 0.4) is 0 Å². The van der Waals surface area contributed by atoms with Gasteiger partial charge in [-0.15, -0.1) is 10.2 Å². The minimum Gasteiger partial charge on any atom is -0.379 e. The molecule has 9 nitrogen and oxygen atoms in total. The molecule has 2 fully saturated rings. The lowest BCUT2D eigenvalue weighted by molar-refractivity contribution is 0.0704. The molecule has 4 heterocycles. The van der Waals surface area contributed by atoms with E-state index in [9.17, 15) is 13.2 Å². The first kappa shape index (κ1) is 21.0. The summed E-state index contributed by atoms with van der Waals surface area (Å²) in [5, 5.41) is 8.60. The van der Waals surface area contributed by atoms with E-state index in [1.807, 2.05) is 33.7 Å². The maximum atomic E-state index is 13.1. The molecule has 1 unspecified atom stereocenters. The monoisotopic (exact) mass is 455 g/mol. The van der Waals surface area contributed by atoms with Gasteiger partial charge >= 0.3 is 0 Å². The maximum Gasteiger partial charge on any atom is 0.253 e. The number of ether oxygens (including phenoxy) is 1. The zero-order valence-corrected chi connectivity index (χ0v) is 18.4. The van der Waals surface area contributed by atoms with Gasteiger partial charge in [-0.25, -0.2) is 8.42 Å². The second kappa shape index (κ2) is 8.61. The summed E-state index contributed by atoms with van der Waals surface area (Å²) in [6.07, 6.45) is 3.76. The van der Waals surface area contributed by atoms with Crippen molar-refractivity contribution in [3.8, 4) is 0 Å². The maximum absolute atomic E-state index is 13.1. The summed E-state index contributed by atoms with van der Waals surface area (Å²) in [7, 11) is -3.58. The highest BCUT2D eigenvalue weighted by Gasteiger charge is 2.30. The van der Waals surface area contributed by atoms with Crippen LogP contribution in [-0.4, -0.2) is 77.5 Å². The molecule has 2 saturated heterocycles. The minimum atomic E-state index is -3.58. The Morgan fingerprint density at radius 1 is 1.00 bits per heavy atom. The van der Waals surface area contributed by atoms with E-state index in [4.69, 9.17) is 4.74 Å². The number of rotatable bonds is 4. The van der Waals surface area contributed by atoms with Crippen LogP contribution in [-0.2, 0) is 14.8 Å². The van der Waals surface area contributed by atoms with Gasteiger partial charge in [-0.2, -0.15) is 4.31 Å². The van der Waals surface area contributed by atoms with E-state index in [1.54, 1.807) is 12.1 Å². The SMILES string of the molecule is O=C(c1ccc(S(=O)(=O)N2CCOCC2)cc1)N1CCCC(c2nnc3ccccn23)C1. The Balaban J connectivity index is 1.31. The molecule has 1 aromatic carbocycles. The summed E-state index contributed by atoms with van der Waals surface area (Å²) >= 11 is 0. The summed E-state index contributed by atoms with van der Waals surface area (Å²) in [4.78, 5) is 15.2. The van der Waals surface area contributed by atoms with Gasteiger partial charge in [0.25, 0.3) is 5.91 Å². The van der Waals surface area contributed by atoms with E-state index in [0.717, 1.165) is 24.3 Å². The van der Waals surface area contributed by atoms with Crippen molar-refractivity contribution in [3.63, 3.8) is 0 Å². The number of benzene rings is 1. The first-order chi connectivity index (χ1) is 15.5. The van der Waals surface area contributed by atoms with Crippen molar-refractivity contribution in [3.05, 3.63) is 60.0 Å². The van der Waals surface area contributed by atoms with Gasteiger partial charge in [0.1, 0.15) is 5.82 Å². The summed E-state index contributed by atoms with van der Waals surface area (Å²) in [6, 6.07) is 12.0. The van der Waals surface area contributed by atoms with Crippen LogP contribution in [0.2, 0.25) is 0 Å². The number of sulfonamides is 1. The average Bonchev–Trinajstić information content (AvgIpc) is 3.28. The molecule has 0 bridgehead atoms. The highest BCUT2D eigenvalue weighted by Crippen LogP contribution is 2.27. The second-order valence-electron chi connectivity index (χ2n) is 8.12. The fraction of sp³-hybridized carbons (Fsp3) is 0.409. The molecule has 0 N–H and O–H groups in total. The number of hydrogen-bond donors (Lipinski definition) is 0. The van der Waals surface area contributed by atoms with E-state index >= 15 is 0 Å². The van der Waals surface area contributed by atoms with E-state index < -0.39 is 10.0 Å². The number of aromatic nitrogens is 3. The molecule has 2 aromatic heterocycles. The van der Waals surface area contributed by atoms with Crippen molar-refractivity contribution in [2.75, 3.05) is 39.4 Å². The Morgan fingerprint density at radius 3 is 2.56 bits per heavy atom. The van der Waals surface area contributed by atoms with Gasteiger partial charge in [0.15, 0.2) is 5.65 Å². The molecule has 0 radical (unpaired) electrons. The molecule has 1 amide bonds. The van der Waals surface area contributed by atoms with Crippen molar-refractivity contribution in [2.45, 2.75) is 23.7 Å². The molecule has 0 spiro atoms. The normalized spacial score (nSPS) is 20.5. The number of amides is 1. The fourth-order valence-corrected chi connectivity index (χ4v) is 5.81. The highest BCUT2D eigenvalue weighted by molar-refractivity contribution is 7.89. The topological polar surface area (TPSA) is 97.1 Å². The van der Waals surface area contributed by atoms with E-state index in [0.29, 0.717) is 45.0 Å². The lowest BCUT2D eigenvalue weighted by Crippen LogP contribution is -2.40. The largest absolute Gasteiger partial charge is 0.379 e. The van der Waals surface area contributed by atoms with E-state index in [1.165, 1.54) is 16.4 Å². The molecule has 2 aliphatic rings. The molecule has 168 valence electrons. The molecule has 3 aromatic rings. The standard InChI is InChI=1S/C22H25N5O4S/c28-22(17-6-8-19(9-7-17)32(29,30)26-12-14-31-15-13-26)25-10-3-4-18(16-25)21-24-23-20-5-1-2-11-27(20)21/h1-2,5-9,11,18H,3-4,10,12-16H2. The molecule has 10 heteroatoms. The summed E-state index contributed by atoms with van der Waals surface area (Å²) < 4.78 is 34.3. The molecule has 32 heavy (non-hydrogen) atoms. The van der Waals surface area contributed by atoms with Gasteiger partial charge in [-0.1, -0.05) is 6.07 Å². The number of likely N-dealkylation sites (tertiary alicyclic amines) is 1. The molecular weight excluding hydrogens is 430 g/mol. The van der Waals surface area contributed by atoms with Crippen LogP contribution in [0.5, 0.6) is 0 Å². The van der Waals surface area contributed by atoms with Crippen molar-refractivity contribution in [1.29, 1.82) is 0 Å². The Hall–Kier alpha value is -2.82. The van der Waals surface area contributed by atoms with E-state index in [2.05, 4.69) is 10.2 Å². The lowest BCUT2D eigenvalue weighted by Gasteiger charge is -2.32. The Morgan fingerprint density at radius 2 is 1.78 bits per heavy atom. The van der Waals surface area contributed by atoms with Gasteiger partial charge in [0.05, 0.1) is 18.1 Å². The second-order valence-corrected chi connectivity index (χ2v) is 10.1. The predicted molar refractivity (Wildman–Crippen MR) is 117 cm³/mol. The van der Waals surface area contributed by atoms with Crippen LogP contribution in [0.25, 0.3) is 5.65 Å². The van der Waals surface area contributed by atoms with Gasteiger partial charge in [0, 0.05) is 43.9 Å². The van der Waals surface area contributed by atoms with E-state index in [-0.39, 0.29) is 16.7 Å². The summed E-state index contributed by atoms with van der Waals surface area (Å²) in [5.41, 5.74) is 1.28. The van der Waals surface area contributed by atoms with Crippen molar-refractivity contribution >= 4 is 21.6 Å². The predicted octanol–water partition coefficient (Wildman–Crippen LogP) is 1.77. The highest BCUT2D eigenvalue weighted by atomic mass is 32.2. The zero-order valence-electron chi connectivity index (χ0n) is 17.6. The van der Waals surface area contributed by atoms with Gasteiger partial charge in [0.2, 0.25) is 10.0 Å². The van der Waals surface area contributed by atoms with Crippen LogP contribution in [0.4, 0.5) is 0 Å². The molecule has 0 aliphatic carbocycles. The Bertz CT molecular complexity index is 1220. The number of pyridine rings is 1. The summed E-state index contributed by atoms with van der Waals surface area (Å²) in [5.74, 6) is 0.870. The summed E-state index contributed by atoms with van der Waals surface area (Å²) in [6.45, 7) is 2.70. The molecule has 0 saturated carbocycles. The van der Waals surface area contributed by atoms with Gasteiger partial charge < -0.3 is 9.64 Å². The Labute approximate surface area is 186 Å². The van der Waals surface area contributed by atoms with Crippen molar-refractivity contribution in [1.82, 2.24) is 23.8 Å². The lowest BCUT2D eigenvalue weighted by atomic mass is 9.96. The van der Waals surface area contributed by atoms with Crippen molar-refractivity contribution < 1.29 is 17.9 Å². The van der Waals surface area contributed by atoms with Gasteiger partial charge in [-0.05, 0) is 49.2 Å². The zero-order chi connectivity index (χ0) is 22.1.